The Morgan fingerprint density at radius 2 is 2.21 bits per heavy atom. The van der Waals surface area contributed by atoms with Crippen LogP contribution >= 0.6 is 11.6 Å². The first-order chi connectivity index (χ1) is 8.96. The molecule has 0 spiro atoms. The van der Waals surface area contributed by atoms with Crippen molar-refractivity contribution < 1.29 is 23.8 Å². The summed E-state index contributed by atoms with van der Waals surface area (Å²) in [6, 6.07) is 4.65. The third-order valence-electron chi connectivity index (χ3n) is 2.60. The maximum absolute atomic E-state index is 14.4. The minimum Gasteiger partial charge on any atom is -0.496 e. The molecule has 6 heteroatoms. The number of ether oxygens (including phenoxy) is 2. The molecule has 0 fully saturated rings. The summed E-state index contributed by atoms with van der Waals surface area (Å²) in [4.78, 5) is 11.6. The molecule has 0 heterocycles. The number of benzene rings is 1. The molecule has 1 unspecified atom stereocenters. The van der Waals surface area contributed by atoms with Crippen molar-refractivity contribution in [3.05, 3.63) is 28.8 Å². The first kappa shape index (κ1) is 15.7. The van der Waals surface area contributed by atoms with Gasteiger partial charge in [-0.15, -0.1) is 0 Å². The van der Waals surface area contributed by atoms with E-state index in [9.17, 15) is 9.18 Å². The van der Waals surface area contributed by atoms with Gasteiger partial charge in [0, 0.05) is 11.4 Å². The van der Waals surface area contributed by atoms with Gasteiger partial charge < -0.3 is 14.6 Å². The Bertz CT molecular complexity index is 452. The Balaban J connectivity index is 3.03. The lowest BCUT2D eigenvalue weighted by Gasteiger charge is -2.22. The number of methoxy groups -OCH3 is 1. The van der Waals surface area contributed by atoms with Crippen molar-refractivity contribution in [1.29, 1.82) is 0 Å². The van der Waals surface area contributed by atoms with E-state index in [0.29, 0.717) is 16.3 Å². The van der Waals surface area contributed by atoms with Crippen LogP contribution in [0.3, 0.4) is 0 Å². The van der Waals surface area contributed by atoms with E-state index >= 15 is 0 Å². The lowest BCUT2D eigenvalue weighted by molar-refractivity contribution is -0.160. The zero-order chi connectivity index (χ0) is 14.5. The van der Waals surface area contributed by atoms with Gasteiger partial charge in [0.25, 0.3) is 0 Å². The van der Waals surface area contributed by atoms with Gasteiger partial charge in [-0.1, -0.05) is 11.6 Å². The molecule has 19 heavy (non-hydrogen) atoms. The fourth-order valence-electron chi connectivity index (χ4n) is 1.64. The quantitative estimate of drug-likeness (QED) is 0.816. The third kappa shape index (κ3) is 3.81. The topological polar surface area (TPSA) is 55.8 Å². The fraction of sp³-hybridized carbons (Fsp3) is 0.462. The van der Waals surface area contributed by atoms with Crippen molar-refractivity contribution in [2.75, 3.05) is 20.3 Å². The molecular weight excluding hydrogens is 275 g/mol. The minimum atomic E-state index is -2.51. The Labute approximate surface area is 116 Å². The molecule has 1 aromatic carbocycles. The van der Waals surface area contributed by atoms with Crippen molar-refractivity contribution in [1.82, 2.24) is 0 Å². The van der Waals surface area contributed by atoms with Gasteiger partial charge in [-0.05, 0) is 30.7 Å². The van der Waals surface area contributed by atoms with Crippen LogP contribution in [0.4, 0.5) is 4.39 Å². The van der Waals surface area contributed by atoms with Gasteiger partial charge in [0.2, 0.25) is 5.67 Å². The molecule has 106 valence electrons. The number of aliphatic hydroxyl groups excluding tert-OH is 1. The second-order valence-corrected chi connectivity index (χ2v) is 4.41. The van der Waals surface area contributed by atoms with Crippen LogP contribution in [-0.2, 0) is 16.0 Å². The highest BCUT2D eigenvalue weighted by Gasteiger charge is 2.40. The Hall–Kier alpha value is -1.33. The summed E-state index contributed by atoms with van der Waals surface area (Å²) in [5, 5.41) is 9.52. The maximum Gasteiger partial charge on any atom is 0.346 e. The summed E-state index contributed by atoms with van der Waals surface area (Å²) in [6.45, 7) is 0.633. The molecule has 4 nitrogen and oxygen atoms in total. The van der Waals surface area contributed by atoms with Gasteiger partial charge in [0.05, 0.1) is 20.3 Å². The fourth-order valence-corrected chi connectivity index (χ4v) is 1.83. The molecule has 0 bridgehead atoms. The molecule has 1 N–H and O–H groups in total. The van der Waals surface area contributed by atoms with Gasteiger partial charge in [-0.2, -0.15) is 0 Å². The average molecular weight is 291 g/mol. The highest BCUT2D eigenvalue weighted by Crippen LogP contribution is 2.28. The van der Waals surface area contributed by atoms with Crippen LogP contribution in [-0.4, -0.2) is 37.1 Å². The van der Waals surface area contributed by atoms with Crippen LogP contribution in [0.1, 0.15) is 12.5 Å². The highest BCUT2D eigenvalue weighted by molar-refractivity contribution is 6.30. The average Bonchev–Trinajstić information content (AvgIpc) is 2.39. The summed E-state index contributed by atoms with van der Waals surface area (Å²) in [5.41, 5.74) is -2.12. The van der Waals surface area contributed by atoms with E-state index in [-0.39, 0.29) is 13.0 Å². The largest absolute Gasteiger partial charge is 0.496 e. The minimum absolute atomic E-state index is 0.0389. The molecule has 0 saturated heterocycles. The molecule has 0 saturated carbocycles. The lowest BCUT2D eigenvalue weighted by atomic mass is 9.96. The molecule has 0 aliphatic rings. The summed E-state index contributed by atoms with van der Waals surface area (Å²) in [6.07, 6.45) is -0.369. The summed E-state index contributed by atoms with van der Waals surface area (Å²) < 4.78 is 24.1. The number of halogens is 2. The Kier molecular flexibility index (Phi) is 5.57. The highest BCUT2D eigenvalue weighted by atomic mass is 35.5. The van der Waals surface area contributed by atoms with Gasteiger partial charge in [-0.3, -0.25) is 0 Å². The normalized spacial score (nSPS) is 13.7. The lowest BCUT2D eigenvalue weighted by Crippen LogP contribution is -2.41. The zero-order valence-corrected chi connectivity index (χ0v) is 11.5. The summed E-state index contributed by atoms with van der Waals surface area (Å²) >= 11 is 5.83. The Morgan fingerprint density at radius 1 is 1.53 bits per heavy atom. The first-order valence-electron chi connectivity index (χ1n) is 5.76. The van der Waals surface area contributed by atoms with Crippen LogP contribution in [0.2, 0.25) is 5.02 Å². The van der Waals surface area contributed by atoms with Gasteiger partial charge in [0.1, 0.15) is 5.75 Å². The van der Waals surface area contributed by atoms with E-state index in [0.717, 1.165) is 0 Å². The van der Waals surface area contributed by atoms with E-state index in [1.54, 1.807) is 19.1 Å². The zero-order valence-electron chi connectivity index (χ0n) is 10.8. The molecule has 1 rings (SSSR count). The van der Waals surface area contributed by atoms with Crippen LogP contribution in [0.5, 0.6) is 5.75 Å². The van der Waals surface area contributed by atoms with E-state index in [1.807, 2.05) is 0 Å². The van der Waals surface area contributed by atoms with Crippen LogP contribution < -0.4 is 4.74 Å². The summed E-state index contributed by atoms with van der Waals surface area (Å²) in [7, 11) is 1.43. The van der Waals surface area contributed by atoms with Gasteiger partial charge in [0.15, 0.2) is 0 Å². The first-order valence-corrected chi connectivity index (χ1v) is 6.14. The predicted octanol–water partition coefficient (Wildman–Crippen LogP) is 2.15. The van der Waals surface area contributed by atoms with Crippen molar-refractivity contribution in [2.45, 2.75) is 19.0 Å². The number of alkyl halides is 1. The molecule has 0 radical (unpaired) electrons. The van der Waals surface area contributed by atoms with Crippen molar-refractivity contribution in [2.24, 2.45) is 0 Å². The van der Waals surface area contributed by atoms with Crippen molar-refractivity contribution >= 4 is 17.6 Å². The molecule has 1 aromatic rings. The molecule has 0 amide bonds. The third-order valence-corrected chi connectivity index (χ3v) is 2.84. The van der Waals surface area contributed by atoms with Crippen molar-refractivity contribution in [3.63, 3.8) is 0 Å². The second-order valence-electron chi connectivity index (χ2n) is 3.98. The van der Waals surface area contributed by atoms with Gasteiger partial charge >= 0.3 is 5.97 Å². The number of rotatable bonds is 6. The van der Waals surface area contributed by atoms with Crippen LogP contribution in [0.25, 0.3) is 0 Å². The molecule has 0 aliphatic heterocycles. The van der Waals surface area contributed by atoms with E-state index in [2.05, 4.69) is 4.74 Å². The maximum atomic E-state index is 14.4. The van der Waals surface area contributed by atoms with Gasteiger partial charge in [-0.25, -0.2) is 9.18 Å². The number of carbonyl (C=O) groups is 1. The molecule has 1 atom stereocenters. The van der Waals surface area contributed by atoms with Crippen LogP contribution in [0, 0.1) is 0 Å². The Morgan fingerprint density at radius 3 is 2.74 bits per heavy atom. The monoisotopic (exact) mass is 290 g/mol. The second kappa shape index (κ2) is 6.73. The predicted molar refractivity (Wildman–Crippen MR) is 69.3 cm³/mol. The number of aliphatic hydroxyl groups is 1. The van der Waals surface area contributed by atoms with Crippen molar-refractivity contribution in [3.8, 4) is 5.75 Å². The molecular formula is C13H16ClFO4. The SMILES string of the molecule is CCOC(=O)C(F)(CO)Cc1cc(Cl)ccc1OC. The van der Waals surface area contributed by atoms with E-state index < -0.39 is 18.2 Å². The smallest absolute Gasteiger partial charge is 0.346 e. The van der Waals surface area contributed by atoms with E-state index in [4.69, 9.17) is 21.4 Å². The number of esters is 1. The van der Waals surface area contributed by atoms with E-state index in [1.165, 1.54) is 13.2 Å². The standard InChI is InChI=1S/C13H16ClFO4/c1-3-19-12(17)13(15,8-16)7-9-6-10(14)4-5-11(9)18-2/h4-6,16H,3,7-8H2,1-2H3. The molecule has 0 aliphatic carbocycles. The van der Waals surface area contributed by atoms with Crippen LogP contribution in [0.15, 0.2) is 18.2 Å². The number of hydrogen-bond acceptors (Lipinski definition) is 4. The number of hydrogen-bond donors (Lipinski definition) is 1. The summed E-state index contributed by atoms with van der Waals surface area (Å²) in [5.74, 6) is -0.705. The molecule has 0 aromatic heterocycles. The number of carbonyl (C=O) groups excluding carboxylic acids is 1.